The predicted molar refractivity (Wildman–Crippen MR) is 110 cm³/mol. The van der Waals surface area contributed by atoms with E-state index in [-0.39, 0.29) is 36.3 Å². The highest BCUT2D eigenvalue weighted by atomic mass is 16.5. The monoisotopic (exact) mass is 455 g/mol. The SMILES string of the molecule is COC[C@@]12CN(C)C3[C@@H]4C[C@@H]1[C@@]3([C@@H](OC)C[C@H]2O)[C@@H]1C[C@]2(O)[C@H](O)[C@@H]1[C@]4(O)[C@@H](O)[C@@H]2OC. The van der Waals surface area contributed by atoms with Gasteiger partial charge in [-0.3, -0.25) is 0 Å². The summed E-state index contributed by atoms with van der Waals surface area (Å²) in [6.07, 6.45) is -3.30. The van der Waals surface area contributed by atoms with Crippen LogP contribution in [0.4, 0.5) is 0 Å². The van der Waals surface area contributed by atoms with E-state index in [0.717, 1.165) is 0 Å². The van der Waals surface area contributed by atoms with Crippen molar-refractivity contribution < 1.29 is 39.7 Å². The molecular formula is C23H37NO8. The molecule has 1 saturated heterocycles. The van der Waals surface area contributed by atoms with Crippen molar-refractivity contribution in [3.8, 4) is 0 Å². The van der Waals surface area contributed by atoms with Gasteiger partial charge in [0.1, 0.15) is 23.4 Å². The molecule has 0 aromatic rings. The Hall–Kier alpha value is -0.360. The van der Waals surface area contributed by atoms with E-state index in [4.69, 9.17) is 14.2 Å². The van der Waals surface area contributed by atoms with Gasteiger partial charge in [0, 0.05) is 63.0 Å². The molecular weight excluding hydrogens is 418 g/mol. The summed E-state index contributed by atoms with van der Waals surface area (Å²) >= 11 is 0. The summed E-state index contributed by atoms with van der Waals surface area (Å²) in [6, 6.07) is -0.110. The minimum absolute atomic E-state index is 0.0304. The van der Waals surface area contributed by atoms with Crippen LogP contribution in [-0.2, 0) is 14.2 Å². The van der Waals surface area contributed by atoms with Crippen LogP contribution in [-0.4, -0.2) is 120 Å². The van der Waals surface area contributed by atoms with E-state index in [2.05, 4.69) is 4.90 Å². The van der Waals surface area contributed by atoms with E-state index in [0.29, 0.717) is 26.0 Å². The van der Waals surface area contributed by atoms with Gasteiger partial charge >= 0.3 is 0 Å². The molecule has 9 nitrogen and oxygen atoms in total. The fourth-order valence-corrected chi connectivity index (χ4v) is 10.6. The van der Waals surface area contributed by atoms with Crippen molar-refractivity contribution >= 4 is 0 Å². The lowest BCUT2D eigenvalue weighted by molar-refractivity contribution is -0.319. The maximum Gasteiger partial charge on any atom is 0.120 e. The van der Waals surface area contributed by atoms with Gasteiger partial charge in [0.15, 0.2) is 0 Å². The molecule has 32 heavy (non-hydrogen) atoms. The van der Waals surface area contributed by atoms with Crippen molar-refractivity contribution in [1.29, 1.82) is 0 Å². The predicted octanol–water partition coefficient (Wildman–Crippen LogP) is -1.80. The van der Waals surface area contributed by atoms with Crippen LogP contribution in [0.1, 0.15) is 19.3 Å². The second-order valence-corrected chi connectivity index (χ2v) is 11.7. The van der Waals surface area contributed by atoms with Gasteiger partial charge < -0.3 is 44.6 Å². The zero-order chi connectivity index (χ0) is 23.0. The number of aliphatic hydroxyl groups is 5. The number of hydrogen-bond acceptors (Lipinski definition) is 9. The molecule has 5 saturated carbocycles. The Kier molecular flexibility index (Phi) is 4.45. The molecule has 1 aliphatic heterocycles. The minimum Gasteiger partial charge on any atom is -0.392 e. The number of ether oxygens (including phenoxy) is 3. The summed E-state index contributed by atoms with van der Waals surface area (Å²) in [5.74, 6) is -1.38. The van der Waals surface area contributed by atoms with Crippen LogP contribution in [0.25, 0.3) is 0 Å². The number of hydrogen-bond donors (Lipinski definition) is 5. The second kappa shape index (κ2) is 6.44. The first-order chi connectivity index (χ1) is 15.1. The Balaban J connectivity index is 1.63. The fraction of sp³-hybridized carbons (Fsp3) is 1.00. The largest absolute Gasteiger partial charge is 0.392 e. The molecule has 7 bridgehead atoms. The van der Waals surface area contributed by atoms with E-state index in [1.54, 1.807) is 14.2 Å². The van der Waals surface area contributed by atoms with Crippen molar-refractivity contribution in [2.45, 2.75) is 67.0 Å². The highest BCUT2D eigenvalue weighted by Crippen LogP contribution is 2.79. The van der Waals surface area contributed by atoms with Crippen LogP contribution in [0, 0.1) is 34.5 Å². The zero-order valence-corrected chi connectivity index (χ0v) is 19.2. The molecule has 6 aliphatic rings. The summed E-state index contributed by atoms with van der Waals surface area (Å²) in [6.45, 7) is 1.00. The lowest BCUT2D eigenvalue weighted by Gasteiger charge is -2.70. The Bertz CT molecular complexity index is 815. The van der Waals surface area contributed by atoms with Crippen LogP contribution in [0.2, 0.25) is 0 Å². The number of rotatable bonds is 4. The van der Waals surface area contributed by atoms with Crippen molar-refractivity contribution in [3.63, 3.8) is 0 Å². The van der Waals surface area contributed by atoms with Crippen LogP contribution < -0.4 is 0 Å². The first kappa shape index (κ1) is 22.1. The van der Waals surface area contributed by atoms with Gasteiger partial charge in [-0.2, -0.15) is 0 Å². The number of fused-ring (bicyclic) bond motifs is 2. The highest BCUT2D eigenvalue weighted by molar-refractivity contribution is 5.37. The molecule has 14 atom stereocenters. The number of likely N-dealkylation sites (tertiary alicyclic amines) is 1. The van der Waals surface area contributed by atoms with Crippen molar-refractivity contribution in [1.82, 2.24) is 4.90 Å². The van der Waals surface area contributed by atoms with Gasteiger partial charge in [-0.05, 0) is 31.7 Å². The Morgan fingerprint density at radius 2 is 1.69 bits per heavy atom. The van der Waals surface area contributed by atoms with Gasteiger partial charge in [-0.25, -0.2) is 0 Å². The Morgan fingerprint density at radius 1 is 0.969 bits per heavy atom. The molecule has 0 radical (unpaired) electrons. The number of piperidine rings is 1. The number of methoxy groups -OCH3 is 3. The lowest BCUT2D eigenvalue weighted by Crippen LogP contribution is -2.80. The van der Waals surface area contributed by atoms with E-state index in [1.807, 2.05) is 7.05 Å². The third-order valence-electron chi connectivity index (χ3n) is 11.2. The topological polar surface area (TPSA) is 132 Å². The smallest absolute Gasteiger partial charge is 0.120 e. The summed E-state index contributed by atoms with van der Waals surface area (Å²) in [4.78, 5) is 2.21. The molecule has 1 spiro atoms. The normalized spacial score (nSPS) is 64.8. The van der Waals surface area contributed by atoms with Crippen molar-refractivity contribution in [2.75, 3.05) is 41.5 Å². The standard InChI is InChI=1S/C23H37NO8/c1-24-8-20(9-30-2)12-5-10-16(24)22(12,14(31-3)6-13(20)25)11-7-21(28)17(26)15(11)23(10,29)18(27)19(21)32-4/h10-19,25-29H,5-9H2,1-4H3/t10-,11+,12-,13+,14-,15+,16?,17+,18-,19-,20-,21-,22+,23-/m0/s1. The van der Waals surface area contributed by atoms with Crippen LogP contribution in [0.3, 0.4) is 0 Å². The van der Waals surface area contributed by atoms with Crippen molar-refractivity contribution in [3.05, 3.63) is 0 Å². The summed E-state index contributed by atoms with van der Waals surface area (Å²) < 4.78 is 17.3. The maximum atomic E-state index is 12.3. The van der Waals surface area contributed by atoms with E-state index in [1.165, 1.54) is 7.11 Å². The van der Waals surface area contributed by atoms with Crippen LogP contribution in [0.5, 0.6) is 0 Å². The number of nitrogens with zero attached hydrogens (tertiary/aromatic N) is 1. The second-order valence-electron chi connectivity index (χ2n) is 11.7. The molecule has 0 amide bonds. The van der Waals surface area contributed by atoms with Gasteiger partial charge in [0.2, 0.25) is 0 Å². The lowest BCUT2D eigenvalue weighted by atomic mass is 9.42. The molecule has 5 aliphatic carbocycles. The molecule has 0 aromatic carbocycles. The van der Waals surface area contributed by atoms with Crippen LogP contribution >= 0.6 is 0 Å². The Morgan fingerprint density at radius 3 is 2.31 bits per heavy atom. The first-order valence-electron chi connectivity index (χ1n) is 11.8. The molecule has 0 aromatic heterocycles. The fourth-order valence-electron chi connectivity index (χ4n) is 10.6. The molecule has 6 rings (SSSR count). The molecule has 9 heteroatoms. The number of aliphatic hydroxyl groups excluding tert-OH is 3. The molecule has 6 fully saturated rings. The van der Waals surface area contributed by atoms with Crippen molar-refractivity contribution in [2.24, 2.45) is 34.5 Å². The van der Waals surface area contributed by atoms with E-state index >= 15 is 0 Å². The molecule has 182 valence electrons. The summed E-state index contributed by atoms with van der Waals surface area (Å²) in [5.41, 5.74) is -4.30. The summed E-state index contributed by atoms with van der Waals surface area (Å²) in [7, 11) is 6.74. The molecule has 1 unspecified atom stereocenters. The highest BCUT2D eigenvalue weighted by Gasteiger charge is 2.88. The van der Waals surface area contributed by atoms with Gasteiger partial charge in [0.05, 0.1) is 24.9 Å². The first-order valence-corrected chi connectivity index (χ1v) is 11.8. The summed E-state index contributed by atoms with van der Waals surface area (Å²) in [5, 5.41) is 58.2. The van der Waals surface area contributed by atoms with Gasteiger partial charge in [-0.1, -0.05) is 0 Å². The van der Waals surface area contributed by atoms with Gasteiger partial charge in [-0.15, -0.1) is 0 Å². The quantitative estimate of drug-likeness (QED) is 0.333. The maximum absolute atomic E-state index is 12.3. The molecule has 5 N–H and O–H groups in total. The van der Waals surface area contributed by atoms with E-state index < -0.39 is 52.4 Å². The third kappa shape index (κ3) is 1.95. The average molecular weight is 456 g/mol. The average Bonchev–Trinajstić information content (AvgIpc) is 3.15. The minimum atomic E-state index is -1.65. The third-order valence-corrected chi connectivity index (χ3v) is 11.2. The van der Waals surface area contributed by atoms with E-state index in [9.17, 15) is 25.5 Å². The molecule has 1 heterocycles. The van der Waals surface area contributed by atoms with Crippen LogP contribution in [0.15, 0.2) is 0 Å². The zero-order valence-electron chi connectivity index (χ0n) is 19.2. The van der Waals surface area contributed by atoms with Gasteiger partial charge in [0.25, 0.3) is 0 Å². The Labute approximate surface area is 188 Å².